The van der Waals surface area contributed by atoms with Crippen LogP contribution in [0.3, 0.4) is 0 Å². The molecule has 1 aliphatic rings. The maximum absolute atomic E-state index is 13.7. The average molecular weight is 409 g/mol. The van der Waals surface area contributed by atoms with Gasteiger partial charge in [-0.2, -0.15) is 0 Å². The van der Waals surface area contributed by atoms with Crippen LogP contribution in [0.1, 0.15) is 22.8 Å². The normalized spacial score (nSPS) is 15.4. The van der Waals surface area contributed by atoms with Crippen LogP contribution in [0.25, 0.3) is 11.1 Å². The summed E-state index contributed by atoms with van der Waals surface area (Å²) in [6.45, 7) is 4.04. The molecule has 0 saturated carbocycles. The van der Waals surface area contributed by atoms with Gasteiger partial charge in [0.05, 0.1) is 12.8 Å². The number of thiophene rings is 1. The molecule has 1 amide bonds. The summed E-state index contributed by atoms with van der Waals surface area (Å²) in [6.07, 6.45) is 1.97. The quantitative estimate of drug-likeness (QED) is 0.539. The number of hydrogen-bond donors (Lipinski definition) is 1. The highest BCUT2D eigenvalue weighted by molar-refractivity contribution is 7.11. The molecular formula is C23H20FNO3S. The minimum absolute atomic E-state index is 0.0870. The van der Waals surface area contributed by atoms with Crippen molar-refractivity contribution in [2.45, 2.75) is 12.3 Å². The van der Waals surface area contributed by atoms with E-state index in [9.17, 15) is 9.18 Å². The molecule has 4 nitrogen and oxygen atoms in total. The molecule has 1 N–H and O–H groups in total. The molecule has 1 aromatic heterocycles. The van der Waals surface area contributed by atoms with Crippen LogP contribution in [-0.4, -0.2) is 19.6 Å². The van der Waals surface area contributed by atoms with E-state index in [1.54, 1.807) is 30.6 Å². The van der Waals surface area contributed by atoms with Crippen molar-refractivity contribution in [2.24, 2.45) is 0 Å². The number of para-hydroxylation sites is 1. The molecule has 2 aromatic carbocycles. The molecule has 0 saturated heterocycles. The molecule has 29 heavy (non-hydrogen) atoms. The Hall–Kier alpha value is -3.12. The summed E-state index contributed by atoms with van der Waals surface area (Å²) in [5.41, 5.74) is 3.17. The summed E-state index contributed by atoms with van der Waals surface area (Å²) < 4.78 is 25.1. The molecule has 0 spiro atoms. The molecule has 6 heteroatoms. The fraction of sp³-hybridized carbons (Fsp3) is 0.174. The van der Waals surface area contributed by atoms with Crippen molar-refractivity contribution in [3.05, 3.63) is 76.8 Å². The van der Waals surface area contributed by atoms with Crippen LogP contribution in [0.15, 0.2) is 60.5 Å². The van der Waals surface area contributed by atoms with Gasteiger partial charge in [-0.1, -0.05) is 36.9 Å². The Morgan fingerprint density at radius 2 is 2.14 bits per heavy atom. The smallest absolute Gasteiger partial charge is 0.225 e. The Balaban J connectivity index is 1.83. The lowest BCUT2D eigenvalue weighted by atomic mass is 9.88. The topological polar surface area (TPSA) is 47.6 Å². The Morgan fingerprint density at radius 1 is 1.31 bits per heavy atom. The zero-order valence-electron chi connectivity index (χ0n) is 15.9. The van der Waals surface area contributed by atoms with Crippen molar-refractivity contribution in [1.82, 2.24) is 0 Å². The predicted octanol–water partition coefficient (Wildman–Crippen LogP) is 5.60. The molecule has 0 radical (unpaired) electrons. The zero-order valence-corrected chi connectivity index (χ0v) is 16.7. The van der Waals surface area contributed by atoms with E-state index < -0.39 is 0 Å². The van der Waals surface area contributed by atoms with E-state index in [1.165, 1.54) is 12.1 Å². The molecule has 4 rings (SSSR count). The second-order valence-corrected chi connectivity index (χ2v) is 7.59. The Kier molecular flexibility index (Phi) is 5.36. The number of carbonyl (C=O) groups is 1. The fourth-order valence-electron chi connectivity index (χ4n) is 3.61. The minimum atomic E-state index is -0.311. The van der Waals surface area contributed by atoms with Gasteiger partial charge in [0.25, 0.3) is 0 Å². The van der Waals surface area contributed by atoms with Gasteiger partial charge >= 0.3 is 0 Å². The first-order valence-electron chi connectivity index (χ1n) is 9.20. The van der Waals surface area contributed by atoms with E-state index in [2.05, 4.69) is 11.9 Å². The second-order valence-electron chi connectivity index (χ2n) is 6.68. The number of amides is 1. The predicted molar refractivity (Wildman–Crippen MR) is 113 cm³/mol. The number of anilines is 1. The number of methoxy groups -OCH3 is 1. The number of hydrogen-bond acceptors (Lipinski definition) is 4. The summed E-state index contributed by atoms with van der Waals surface area (Å²) in [5, 5.41) is 4.94. The first-order valence-corrected chi connectivity index (χ1v) is 10.1. The van der Waals surface area contributed by atoms with Crippen LogP contribution in [0.4, 0.5) is 10.1 Å². The number of carbonyl (C=O) groups excluding carboxylic acids is 1. The third-order valence-electron chi connectivity index (χ3n) is 4.88. The van der Waals surface area contributed by atoms with Crippen LogP contribution < -0.4 is 14.8 Å². The van der Waals surface area contributed by atoms with Gasteiger partial charge in [-0.3, -0.25) is 4.79 Å². The van der Waals surface area contributed by atoms with Crippen LogP contribution in [0.5, 0.6) is 11.5 Å². The van der Waals surface area contributed by atoms with Gasteiger partial charge in [0.15, 0.2) is 11.5 Å². The van der Waals surface area contributed by atoms with Crippen LogP contribution >= 0.6 is 11.3 Å². The number of halogens is 1. The Morgan fingerprint density at radius 3 is 2.90 bits per heavy atom. The molecule has 0 fully saturated rings. The van der Waals surface area contributed by atoms with E-state index >= 15 is 0 Å². The van der Waals surface area contributed by atoms with Gasteiger partial charge in [0, 0.05) is 33.7 Å². The number of benzene rings is 2. The van der Waals surface area contributed by atoms with Crippen molar-refractivity contribution in [3.8, 4) is 22.6 Å². The molecule has 0 aliphatic carbocycles. The molecule has 2 heterocycles. The van der Waals surface area contributed by atoms with Gasteiger partial charge < -0.3 is 14.8 Å². The summed E-state index contributed by atoms with van der Waals surface area (Å²) in [6, 6.07) is 12.1. The van der Waals surface area contributed by atoms with Gasteiger partial charge in [-0.05, 0) is 23.8 Å². The Labute approximate surface area is 172 Å². The lowest BCUT2D eigenvalue weighted by molar-refractivity contribution is -0.116. The van der Waals surface area contributed by atoms with Crippen molar-refractivity contribution in [3.63, 3.8) is 0 Å². The average Bonchev–Trinajstić information content (AvgIpc) is 3.15. The highest BCUT2D eigenvalue weighted by Crippen LogP contribution is 2.49. The standard InChI is InChI=1S/C23H20FNO3S/c1-3-10-28-22-16(8-5-9-19(22)27-2)17-12-20(26)25-21-18(13-29-23(17)21)14-6-4-7-15(24)11-14/h3-9,11,13,17H,1,10,12H2,2H3,(H,25,26)/t17-/m1/s1. The van der Waals surface area contributed by atoms with E-state index in [1.807, 2.05) is 29.6 Å². The first-order chi connectivity index (χ1) is 14.1. The van der Waals surface area contributed by atoms with Gasteiger partial charge in [-0.15, -0.1) is 11.3 Å². The molecular weight excluding hydrogens is 389 g/mol. The van der Waals surface area contributed by atoms with E-state index in [0.717, 1.165) is 27.3 Å². The highest BCUT2D eigenvalue weighted by Gasteiger charge is 2.33. The van der Waals surface area contributed by atoms with Gasteiger partial charge in [0.2, 0.25) is 5.91 Å². The lowest BCUT2D eigenvalue weighted by Crippen LogP contribution is -2.23. The van der Waals surface area contributed by atoms with E-state index in [4.69, 9.17) is 9.47 Å². The number of ether oxygens (including phenoxy) is 2. The molecule has 3 aromatic rings. The van der Waals surface area contributed by atoms with Crippen LogP contribution in [-0.2, 0) is 4.79 Å². The summed E-state index contributed by atoms with van der Waals surface area (Å²) in [7, 11) is 1.59. The van der Waals surface area contributed by atoms with Crippen molar-refractivity contribution >= 4 is 22.9 Å². The summed E-state index contributed by atoms with van der Waals surface area (Å²) in [4.78, 5) is 13.6. The second kappa shape index (κ2) is 8.09. The maximum atomic E-state index is 13.7. The SMILES string of the molecule is C=CCOc1c(OC)cccc1[C@H]1CC(=O)Nc2c(-c3cccc(F)c3)csc21. The van der Waals surface area contributed by atoms with Crippen molar-refractivity contribution in [2.75, 3.05) is 19.0 Å². The molecule has 0 bridgehead atoms. The van der Waals surface area contributed by atoms with Crippen LogP contribution in [0.2, 0.25) is 0 Å². The number of nitrogens with one attached hydrogen (secondary N) is 1. The van der Waals surface area contributed by atoms with Gasteiger partial charge in [0.1, 0.15) is 12.4 Å². The fourth-order valence-corrected chi connectivity index (χ4v) is 4.76. The molecule has 0 unspecified atom stereocenters. The molecule has 1 atom stereocenters. The molecule has 1 aliphatic heterocycles. The Bertz CT molecular complexity index is 1080. The summed E-state index contributed by atoms with van der Waals surface area (Å²) >= 11 is 1.55. The summed E-state index contributed by atoms with van der Waals surface area (Å²) in [5.74, 6) is 0.645. The highest BCUT2D eigenvalue weighted by atomic mass is 32.1. The maximum Gasteiger partial charge on any atom is 0.225 e. The largest absolute Gasteiger partial charge is 0.493 e. The lowest BCUT2D eigenvalue weighted by Gasteiger charge is -2.26. The zero-order chi connectivity index (χ0) is 20.4. The number of rotatable bonds is 6. The van der Waals surface area contributed by atoms with E-state index in [0.29, 0.717) is 24.5 Å². The van der Waals surface area contributed by atoms with Crippen LogP contribution in [0, 0.1) is 5.82 Å². The number of fused-ring (bicyclic) bond motifs is 1. The van der Waals surface area contributed by atoms with Crippen molar-refractivity contribution < 1.29 is 18.7 Å². The first kappa shape index (κ1) is 19.2. The minimum Gasteiger partial charge on any atom is -0.493 e. The third kappa shape index (κ3) is 3.63. The third-order valence-corrected chi connectivity index (χ3v) is 5.97. The monoisotopic (exact) mass is 409 g/mol. The molecule has 148 valence electrons. The van der Waals surface area contributed by atoms with Crippen molar-refractivity contribution in [1.29, 1.82) is 0 Å². The van der Waals surface area contributed by atoms with Gasteiger partial charge in [-0.25, -0.2) is 4.39 Å². The van der Waals surface area contributed by atoms with E-state index in [-0.39, 0.29) is 17.6 Å².